The van der Waals surface area contributed by atoms with Crippen molar-refractivity contribution in [3.05, 3.63) is 41.1 Å². The minimum absolute atomic E-state index is 0.241. The smallest absolute Gasteiger partial charge is 0.341 e. The molecule has 1 heterocycles. The van der Waals surface area contributed by atoms with Gasteiger partial charge in [-0.25, -0.2) is 4.79 Å². The van der Waals surface area contributed by atoms with Crippen LogP contribution >= 0.6 is 0 Å². The predicted octanol–water partition coefficient (Wildman–Crippen LogP) is 2.50. The normalized spacial score (nSPS) is 10.5. The van der Waals surface area contributed by atoms with E-state index in [0.717, 1.165) is 11.3 Å². The number of aryl methyl sites for hydroxylation is 3. The molecule has 0 amide bonds. The second-order valence-corrected chi connectivity index (χ2v) is 4.61. The van der Waals surface area contributed by atoms with Gasteiger partial charge in [-0.05, 0) is 26.0 Å². The third-order valence-corrected chi connectivity index (χ3v) is 3.14. The fraction of sp³-hybridized carbons (Fsp3) is 0.286. The highest BCUT2D eigenvalue weighted by atomic mass is 16.4. The van der Waals surface area contributed by atoms with Crippen molar-refractivity contribution in [2.45, 2.75) is 13.8 Å². The third kappa shape index (κ3) is 2.31. The lowest BCUT2D eigenvalue weighted by Crippen LogP contribution is -2.16. The Kier molecular flexibility index (Phi) is 3.29. The molecule has 2 rings (SSSR count). The molecule has 0 aliphatic heterocycles. The van der Waals surface area contributed by atoms with E-state index in [-0.39, 0.29) is 5.56 Å². The molecule has 0 bridgehead atoms. The van der Waals surface area contributed by atoms with Crippen LogP contribution in [0.15, 0.2) is 24.3 Å². The van der Waals surface area contributed by atoms with Crippen LogP contribution in [0.2, 0.25) is 0 Å². The second kappa shape index (κ2) is 4.76. The largest absolute Gasteiger partial charge is 0.477 e. The maximum absolute atomic E-state index is 11.4. The van der Waals surface area contributed by atoms with Gasteiger partial charge in [-0.3, -0.25) is 4.68 Å². The average Bonchev–Trinajstić information content (AvgIpc) is 2.64. The number of carboxylic acid groups (broad SMARTS) is 1. The molecule has 0 saturated carbocycles. The molecule has 5 heteroatoms. The van der Waals surface area contributed by atoms with E-state index in [1.54, 1.807) is 18.7 Å². The van der Waals surface area contributed by atoms with E-state index >= 15 is 0 Å². The minimum Gasteiger partial charge on any atom is -0.477 e. The van der Waals surface area contributed by atoms with Gasteiger partial charge in [0.05, 0.1) is 5.69 Å². The first-order valence-corrected chi connectivity index (χ1v) is 5.99. The molecule has 0 saturated heterocycles. The Balaban J connectivity index is 2.52. The van der Waals surface area contributed by atoms with Crippen LogP contribution in [-0.4, -0.2) is 27.9 Å². The monoisotopic (exact) mass is 259 g/mol. The topological polar surface area (TPSA) is 58.4 Å². The minimum atomic E-state index is -0.959. The summed E-state index contributed by atoms with van der Waals surface area (Å²) in [4.78, 5) is 13.2. The van der Waals surface area contributed by atoms with Gasteiger partial charge in [0.15, 0.2) is 0 Å². The number of carbonyl (C=O) groups is 1. The highest BCUT2D eigenvalue weighted by Gasteiger charge is 2.23. The van der Waals surface area contributed by atoms with Crippen molar-refractivity contribution < 1.29 is 9.90 Å². The molecule has 1 aromatic heterocycles. The number of carboxylic acids is 1. The number of anilines is 2. The Morgan fingerprint density at radius 2 is 1.84 bits per heavy atom. The molecule has 0 fully saturated rings. The Morgan fingerprint density at radius 1 is 1.26 bits per heavy atom. The van der Waals surface area contributed by atoms with E-state index in [1.165, 1.54) is 0 Å². The molecule has 19 heavy (non-hydrogen) atoms. The summed E-state index contributed by atoms with van der Waals surface area (Å²) in [7, 11) is 3.59. The van der Waals surface area contributed by atoms with E-state index in [0.29, 0.717) is 11.5 Å². The SMILES string of the molecule is Cc1ccc(N(C)c2c(C(=O)O)c(C)nn2C)cc1. The second-order valence-electron chi connectivity index (χ2n) is 4.61. The van der Waals surface area contributed by atoms with Gasteiger partial charge in [0.1, 0.15) is 11.4 Å². The van der Waals surface area contributed by atoms with Crippen molar-refractivity contribution >= 4 is 17.5 Å². The lowest BCUT2D eigenvalue weighted by molar-refractivity contribution is 0.0697. The Hall–Kier alpha value is -2.30. The van der Waals surface area contributed by atoms with Crippen molar-refractivity contribution in [3.63, 3.8) is 0 Å². The zero-order valence-corrected chi connectivity index (χ0v) is 11.5. The van der Waals surface area contributed by atoms with Crippen LogP contribution in [0.4, 0.5) is 11.5 Å². The molecular formula is C14H17N3O2. The summed E-state index contributed by atoms with van der Waals surface area (Å²) in [6.45, 7) is 3.72. The van der Waals surface area contributed by atoms with Crippen LogP contribution in [0.5, 0.6) is 0 Å². The molecule has 1 N–H and O–H groups in total. The van der Waals surface area contributed by atoms with Crippen molar-refractivity contribution in [3.8, 4) is 0 Å². The molecule has 0 aliphatic carbocycles. The third-order valence-electron chi connectivity index (χ3n) is 3.14. The molecular weight excluding hydrogens is 242 g/mol. The number of hydrogen-bond donors (Lipinski definition) is 1. The number of aromatic nitrogens is 2. The first-order valence-electron chi connectivity index (χ1n) is 5.99. The highest BCUT2D eigenvalue weighted by Crippen LogP contribution is 2.28. The van der Waals surface area contributed by atoms with Gasteiger partial charge < -0.3 is 10.0 Å². The van der Waals surface area contributed by atoms with Gasteiger partial charge in [-0.2, -0.15) is 5.10 Å². The average molecular weight is 259 g/mol. The van der Waals surface area contributed by atoms with Crippen molar-refractivity contribution in [2.75, 3.05) is 11.9 Å². The first-order chi connectivity index (χ1) is 8.91. The van der Waals surface area contributed by atoms with Crippen LogP contribution in [0.25, 0.3) is 0 Å². The van der Waals surface area contributed by atoms with Crippen LogP contribution in [0.3, 0.4) is 0 Å². The van der Waals surface area contributed by atoms with Crippen LogP contribution in [0.1, 0.15) is 21.6 Å². The van der Waals surface area contributed by atoms with E-state index in [4.69, 9.17) is 0 Å². The molecule has 0 atom stereocenters. The van der Waals surface area contributed by atoms with Gasteiger partial charge in [0.25, 0.3) is 0 Å². The maximum Gasteiger partial charge on any atom is 0.341 e. The van der Waals surface area contributed by atoms with Crippen LogP contribution < -0.4 is 4.90 Å². The standard InChI is InChI=1S/C14H17N3O2/c1-9-5-7-11(8-6-9)16(3)13-12(14(18)19)10(2)15-17(13)4/h5-8H,1-4H3,(H,18,19). The molecule has 0 unspecified atom stereocenters. The summed E-state index contributed by atoms with van der Waals surface area (Å²) in [6.07, 6.45) is 0. The molecule has 0 radical (unpaired) electrons. The van der Waals surface area contributed by atoms with Crippen molar-refractivity contribution in [1.82, 2.24) is 9.78 Å². The molecule has 0 aliphatic rings. The van der Waals surface area contributed by atoms with Crippen LogP contribution in [0, 0.1) is 13.8 Å². The van der Waals surface area contributed by atoms with Crippen molar-refractivity contribution in [2.24, 2.45) is 7.05 Å². The van der Waals surface area contributed by atoms with Gasteiger partial charge in [0.2, 0.25) is 0 Å². The Morgan fingerprint density at radius 3 is 2.37 bits per heavy atom. The molecule has 0 spiro atoms. The zero-order valence-electron chi connectivity index (χ0n) is 11.5. The van der Waals surface area contributed by atoms with E-state index in [9.17, 15) is 9.90 Å². The zero-order chi connectivity index (χ0) is 14.2. The number of nitrogens with zero attached hydrogens (tertiary/aromatic N) is 3. The van der Waals surface area contributed by atoms with Gasteiger partial charge >= 0.3 is 5.97 Å². The summed E-state index contributed by atoms with van der Waals surface area (Å²) in [5, 5.41) is 13.5. The molecule has 100 valence electrons. The fourth-order valence-corrected chi connectivity index (χ4v) is 2.17. The summed E-state index contributed by atoms with van der Waals surface area (Å²) < 4.78 is 1.60. The maximum atomic E-state index is 11.4. The summed E-state index contributed by atoms with van der Waals surface area (Å²) in [6, 6.07) is 7.91. The first kappa shape index (κ1) is 13.1. The van der Waals surface area contributed by atoms with Gasteiger partial charge in [-0.15, -0.1) is 0 Å². The number of rotatable bonds is 3. The lowest BCUT2D eigenvalue weighted by Gasteiger charge is -2.20. The van der Waals surface area contributed by atoms with Gasteiger partial charge in [0, 0.05) is 19.8 Å². The van der Waals surface area contributed by atoms with Gasteiger partial charge in [-0.1, -0.05) is 17.7 Å². The quantitative estimate of drug-likeness (QED) is 0.920. The summed E-state index contributed by atoms with van der Waals surface area (Å²) in [5.41, 5.74) is 2.85. The Bertz CT molecular complexity index is 614. The fourth-order valence-electron chi connectivity index (χ4n) is 2.17. The molecule has 1 aromatic carbocycles. The highest BCUT2D eigenvalue weighted by molar-refractivity contribution is 5.95. The number of hydrogen-bond acceptors (Lipinski definition) is 3. The molecule has 2 aromatic rings. The van der Waals surface area contributed by atoms with Crippen molar-refractivity contribution in [1.29, 1.82) is 0 Å². The summed E-state index contributed by atoms with van der Waals surface area (Å²) >= 11 is 0. The Labute approximate surface area is 112 Å². The molecule has 5 nitrogen and oxygen atoms in total. The van der Waals surface area contributed by atoms with E-state index in [1.807, 2.05) is 43.1 Å². The predicted molar refractivity (Wildman–Crippen MR) is 74.1 cm³/mol. The van der Waals surface area contributed by atoms with E-state index in [2.05, 4.69) is 5.10 Å². The summed E-state index contributed by atoms with van der Waals surface area (Å²) in [5.74, 6) is -0.381. The van der Waals surface area contributed by atoms with Crippen LogP contribution in [-0.2, 0) is 7.05 Å². The number of aromatic carboxylic acids is 1. The lowest BCUT2D eigenvalue weighted by atomic mass is 10.2. The van der Waals surface area contributed by atoms with E-state index < -0.39 is 5.97 Å². The number of benzene rings is 1.